The van der Waals surface area contributed by atoms with Gasteiger partial charge < -0.3 is 10.2 Å². The van der Waals surface area contributed by atoms with E-state index in [0.29, 0.717) is 37.3 Å². The van der Waals surface area contributed by atoms with Gasteiger partial charge in [0.05, 0.1) is 5.69 Å². The van der Waals surface area contributed by atoms with Gasteiger partial charge in [-0.15, -0.1) is 0 Å². The van der Waals surface area contributed by atoms with Crippen molar-refractivity contribution >= 4 is 17.5 Å². The summed E-state index contributed by atoms with van der Waals surface area (Å²) in [5, 5.41) is 2.94. The number of nitrogens with zero attached hydrogens (tertiary/aromatic N) is 3. The molecule has 6 nitrogen and oxygen atoms in total. The molecular weight excluding hydrogens is 364 g/mol. The molecule has 0 radical (unpaired) electrons. The second-order valence-corrected chi connectivity index (χ2v) is 7.62. The molecule has 2 amide bonds. The van der Waals surface area contributed by atoms with Crippen LogP contribution in [0, 0.1) is 13.8 Å². The number of fused-ring (bicyclic) bond motifs is 2. The van der Waals surface area contributed by atoms with E-state index in [-0.39, 0.29) is 11.8 Å². The summed E-state index contributed by atoms with van der Waals surface area (Å²) in [5.41, 5.74) is 5.67. The van der Waals surface area contributed by atoms with E-state index in [0.717, 1.165) is 24.2 Å². The standard InChI is InChI=1S/C23H26N4O2/c1-16-7-6-13-27-21(17(2)25-22(16)27)23(29)24-12-5-10-20(28)26-14-11-18-8-3-4-9-19(18)15-26/h3-4,6-9,13H,5,10-12,14-15H2,1-2H3,(H,24,29). The van der Waals surface area contributed by atoms with Crippen molar-refractivity contribution < 1.29 is 9.59 Å². The zero-order chi connectivity index (χ0) is 20.4. The molecule has 1 N–H and O–H groups in total. The first-order valence-corrected chi connectivity index (χ1v) is 10.1. The fraction of sp³-hybridized carbons (Fsp3) is 0.348. The predicted octanol–water partition coefficient (Wildman–Crippen LogP) is 3.05. The van der Waals surface area contributed by atoms with Crippen LogP contribution < -0.4 is 5.32 Å². The molecule has 4 rings (SSSR count). The third-order valence-electron chi connectivity index (χ3n) is 5.57. The van der Waals surface area contributed by atoms with Crippen LogP contribution >= 0.6 is 0 Å². The van der Waals surface area contributed by atoms with Crippen molar-refractivity contribution in [2.45, 2.75) is 39.7 Å². The Morgan fingerprint density at radius 2 is 1.90 bits per heavy atom. The van der Waals surface area contributed by atoms with E-state index in [1.54, 1.807) is 0 Å². The Balaban J connectivity index is 1.30. The number of imidazole rings is 1. The highest BCUT2D eigenvalue weighted by molar-refractivity contribution is 5.94. The zero-order valence-corrected chi connectivity index (χ0v) is 16.9. The first kappa shape index (κ1) is 19.2. The molecular formula is C23H26N4O2. The highest BCUT2D eigenvalue weighted by Gasteiger charge is 2.20. The molecule has 1 aliphatic rings. The predicted molar refractivity (Wildman–Crippen MR) is 112 cm³/mol. The Kier molecular flexibility index (Phi) is 5.34. The number of hydrogen-bond donors (Lipinski definition) is 1. The summed E-state index contributed by atoms with van der Waals surface area (Å²) in [6.45, 7) is 5.74. The maximum Gasteiger partial charge on any atom is 0.270 e. The summed E-state index contributed by atoms with van der Waals surface area (Å²) >= 11 is 0. The largest absolute Gasteiger partial charge is 0.351 e. The third-order valence-corrected chi connectivity index (χ3v) is 5.57. The molecule has 0 aliphatic carbocycles. The summed E-state index contributed by atoms with van der Waals surface area (Å²) in [5.74, 6) is -0.00434. The van der Waals surface area contributed by atoms with Crippen LogP contribution in [-0.2, 0) is 17.8 Å². The van der Waals surface area contributed by atoms with Gasteiger partial charge >= 0.3 is 0 Å². The number of carbonyl (C=O) groups excluding carboxylic acids is 2. The Bertz CT molecular complexity index is 1070. The monoisotopic (exact) mass is 390 g/mol. The second-order valence-electron chi connectivity index (χ2n) is 7.62. The van der Waals surface area contributed by atoms with E-state index >= 15 is 0 Å². The average Bonchev–Trinajstić information content (AvgIpc) is 3.08. The van der Waals surface area contributed by atoms with E-state index in [2.05, 4.69) is 22.4 Å². The van der Waals surface area contributed by atoms with E-state index in [1.807, 2.05) is 53.6 Å². The van der Waals surface area contributed by atoms with Gasteiger partial charge in [-0.1, -0.05) is 30.3 Å². The van der Waals surface area contributed by atoms with Crippen LogP contribution in [0.1, 0.15) is 45.7 Å². The quantitative estimate of drug-likeness (QED) is 0.681. The van der Waals surface area contributed by atoms with Gasteiger partial charge in [-0.3, -0.25) is 14.0 Å². The van der Waals surface area contributed by atoms with Crippen LogP contribution in [0.15, 0.2) is 42.6 Å². The number of rotatable bonds is 5. The van der Waals surface area contributed by atoms with Crippen LogP contribution in [0.25, 0.3) is 5.65 Å². The van der Waals surface area contributed by atoms with Crippen LogP contribution in [0.5, 0.6) is 0 Å². The smallest absolute Gasteiger partial charge is 0.270 e. The summed E-state index contributed by atoms with van der Waals surface area (Å²) < 4.78 is 1.83. The minimum Gasteiger partial charge on any atom is -0.351 e. The molecule has 1 aromatic carbocycles. The number of hydrogen-bond acceptors (Lipinski definition) is 3. The van der Waals surface area contributed by atoms with Gasteiger partial charge in [0.2, 0.25) is 5.91 Å². The third kappa shape index (κ3) is 3.88. The van der Waals surface area contributed by atoms with E-state index < -0.39 is 0 Å². The van der Waals surface area contributed by atoms with Crippen molar-refractivity contribution in [1.29, 1.82) is 0 Å². The molecule has 0 bridgehead atoms. The zero-order valence-electron chi connectivity index (χ0n) is 16.9. The normalized spacial score (nSPS) is 13.4. The number of aryl methyl sites for hydroxylation is 2. The maximum atomic E-state index is 12.7. The van der Waals surface area contributed by atoms with Crippen LogP contribution in [0.4, 0.5) is 0 Å². The minimum atomic E-state index is -0.153. The molecule has 29 heavy (non-hydrogen) atoms. The summed E-state index contributed by atoms with van der Waals surface area (Å²) in [4.78, 5) is 31.6. The van der Waals surface area contributed by atoms with Gasteiger partial charge in [0.1, 0.15) is 11.3 Å². The van der Waals surface area contributed by atoms with Crippen LogP contribution in [0.2, 0.25) is 0 Å². The summed E-state index contributed by atoms with van der Waals surface area (Å²) in [7, 11) is 0. The number of pyridine rings is 1. The van der Waals surface area contributed by atoms with Gasteiger partial charge in [-0.05, 0) is 49.4 Å². The molecule has 0 saturated carbocycles. The Hall–Kier alpha value is -3.15. The summed E-state index contributed by atoms with van der Waals surface area (Å²) in [6, 6.07) is 12.2. The van der Waals surface area contributed by atoms with Crippen molar-refractivity contribution in [1.82, 2.24) is 19.6 Å². The van der Waals surface area contributed by atoms with Crippen molar-refractivity contribution in [2.75, 3.05) is 13.1 Å². The molecule has 1 aliphatic heterocycles. The molecule has 2 aromatic heterocycles. The van der Waals surface area contributed by atoms with Gasteiger partial charge in [0, 0.05) is 32.3 Å². The van der Waals surface area contributed by atoms with Crippen LogP contribution in [-0.4, -0.2) is 39.2 Å². The highest BCUT2D eigenvalue weighted by atomic mass is 16.2. The van der Waals surface area contributed by atoms with Gasteiger partial charge in [0.15, 0.2) is 0 Å². The number of benzene rings is 1. The topological polar surface area (TPSA) is 66.7 Å². The Morgan fingerprint density at radius 3 is 2.72 bits per heavy atom. The van der Waals surface area contributed by atoms with Gasteiger partial charge in [-0.25, -0.2) is 4.98 Å². The number of aromatic nitrogens is 2. The molecule has 0 atom stereocenters. The fourth-order valence-electron chi connectivity index (χ4n) is 3.98. The molecule has 3 aromatic rings. The lowest BCUT2D eigenvalue weighted by Gasteiger charge is -2.29. The van der Waals surface area contributed by atoms with E-state index in [4.69, 9.17) is 0 Å². The number of nitrogens with one attached hydrogen (secondary N) is 1. The lowest BCUT2D eigenvalue weighted by Crippen LogP contribution is -2.36. The molecule has 6 heteroatoms. The van der Waals surface area contributed by atoms with Crippen molar-refractivity contribution in [3.8, 4) is 0 Å². The van der Waals surface area contributed by atoms with Crippen LogP contribution in [0.3, 0.4) is 0 Å². The Labute approximate surface area is 170 Å². The first-order chi connectivity index (χ1) is 14.0. The number of carbonyl (C=O) groups is 2. The molecule has 0 unspecified atom stereocenters. The number of amides is 2. The summed E-state index contributed by atoms with van der Waals surface area (Å²) in [6.07, 6.45) is 3.83. The average molecular weight is 390 g/mol. The molecule has 3 heterocycles. The van der Waals surface area contributed by atoms with Crippen molar-refractivity contribution in [2.24, 2.45) is 0 Å². The lowest BCUT2D eigenvalue weighted by molar-refractivity contribution is -0.132. The SMILES string of the molecule is Cc1nc2c(C)cccn2c1C(=O)NCCCC(=O)N1CCc2ccccc2C1. The van der Waals surface area contributed by atoms with Gasteiger partial charge in [-0.2, -0.15) is 0 Å². The van der Waals surface area contributed by atoms with Crippen molar-refractivity contribution in [3.63, 3.8) is 0 Å². The first-order valence-electron chi connectivity index (χ1n) is 10.1. The fourth-order valence-corrected chi connectivity index (χ4v) is 3.98. The molecule has 0 saturated heterocycles. The molecule has 0 spiro atoms. The van der Waals surface area contributed by atoms with E-state index in [9.17, 15) is 9.59 Å². The van der Waals surface area contributed by atoms with E-state index in [1.165, 1.54) is 11.1 Å². The molecule has 150 valence electrons. The van der Waals surface area contributed by atoms with Gasteiger partial charge in [0.25, 0.3) is 5.91 Å². The lowest BCUT2D eigenvalue weighted by atomic mass is 9.99. The second kappa shape index (κ2) is 8.07. The van der Waals surface area contributed by atoms with Crippen molar-refractivity contribution in [3.05, 3.63) is 70.7 Å². The maximum absolute atomic E-state index is 12.7. The molecule has 0 fully saturated rings. The minimum absolute atomic E-state index is 0.148. The Morgan fingerprint density at radius 1 is 1.10 bits per heavy atom. The highest BCUT2D eigenvalue weighted by Crippen LogP contribution is 2.19.